The fourth-order valence-electron chi connectivity index (χ4n) is 3.35. The van der Waals surface area contributed by atoms with Crippen molar-refractivity contribution in [1.82, 2.24) is 9.88 Å². The number of H-pyrrole nitrogens is 1. The van der Waals surface area contributed by atoms with Crippen molar-refractivity contribution in [2.75, 3.05) is 20.2 Å². The number of pyridine rings is 1. The molecule has 0 aliphatic carbocycles. The number of benzene rings is 1. The SMILES string of the molecule is COc1ccc(CCC2CCN(C(=O)c3ccc[nH]c3=S)CC2)cc1. The lowest BCUT2D eigenvalue weighted by atomic mass is 9.90. The van der Waals surface area contributed by atoms with Crippen LogP contribution in [-0.4, -0.2) is 36.0 Å². The Morgan fingerprint density at radius 1 is 1.24 bits per heavy atom. The van der Waals surface area contributed by atoms with Gasteiger partial charge in [-0.1, -0.05) is 24.4 Å². The van der Waals surface area contributed by atoms with Crippen molar-refractivity contribution in [3.05, 3.63) is 58.4 Å². The Morgan fingerprint density at radius 2 is 1.96 bits per heavy atom. The van der Waals surface area contributed by atoms with E-state index in [0.717, 1.165) is 38.1 Å². The molecule has 3 rings (SSSR count). The Balaban J connectivity index is 1.49. The highest BCUT2D eigenvalue weighted by atomic mass is 32.1. The highest BCUT2D eigenvalue weighted by Gasteiger charge is 2.24. The number of likely N-dealkylation sites (tertiary alicyclic amines) is 1. The van der Waals surface area contributed by atoms with Gasteiger partial charge in [0.1, 0.15) is 10.4 Å². The zero-order valence-corrected chi connectivity index (χ0v) is 15.3. The van der Waals surface area contributed by atoms with E-state index in [1.807, 2.05) is 23.1 Å². The normalized spacial score (nSPS) is 15.2. The summed E-state index contributed by atoms with van der Waals surface area (Å²) in [5.74, 6) is 1.63. The lowest BCUT2D eigenvalue weighted by molar-refractivity contribution is 0.0686. The minimum atomic E-state index is 0.0513. The lowest BCUT2D eigenvalue weighted by Gasteiger charge is -2.32. The van der Waals surface area contributed by atoms with Gasteiger partial charge in [0.2, 0.25) is 0 Å². The number of aromatic amines is 1. The number of amides is 1. The maximum atomic E-state index is 12.6. The van der Waals surface area contributed by atoms with Crippen molar-refractivity contribution in [2.24, 2.45) is 5.92 Å². The van der Waals surface area contributed by atoms with Crippen LogP contribution in [0.3, 0.4) is 0 Å². The average Bonchev–Trinajstić information content (AvgIpc) is 2.67. The first-order chi connectivity index (χ1) is 12.2. The summed E-state index contributed by atoms with van der Waals surface area (Å²) in [6, 6.07) is 11.9. The maximum absolute atomic E-state index is 12.6. The van der Waals surface area contributed by atoms with Gasteiger partial charge in [-0.2, -0.15) is 0 Å². The Morgan fingerprint density at radius 3 is 2.60 bits per heavy atom. The molecule has 0 bridgehead atoms. The first kappa shape index (κ1) is 17.7. The van der Waals surface area contributed by atoms with Crippen LogP contribution in [0.1, 0.15) is 35.2 Å². The number of aryl methyl sites for hydroxylation is 1. The van der Waals surface area contributed by atoms with Crippen LogP contribution in [0.4, 0.5) is 0 Å². The fraction of sp³-hybridized carbons (Fsp3) is 0.400. The summed E-state index contributed by atoms with van der Waals surface area (Å²) in [7, 11) is 1.69. The number of piperidine rings is 1. The average molecular weight is 356 g/mol. The van der Waals surface area contributed by atoms with E-state index in [1.54, 1.807) is 19.4 Å². The number of nitrogens with zero attached hydrogens (tertiary/aromatic N) is 1. The molecule has 4 nitrogen and oxygen atoms in total. The predicted octanol–water partition coefficient (Wildman–Crippen LogP) is 4.24. The van der Waals surface area contributed by atoms with Gasteiger partial charge < -0.3 is 14.6 Å². The quantitative estimate of drug-likeness (QED) is 0.815. The summed E-state index contributed by atoms with van der Waals surface area (Å²) in [5, 5.41) is 0. The minimum absolute atomic E-state index is 0.0513. The number of ether oxygens (including phenoxy) is 1. The van der Waals surface area contributed by atoms with Crippen LogP contribution in [0.5, 0.6) is 5.75 Å². The van der Waals surface area contributed by atoms with Gasteiger partial charge >= 0.3 is 0 Å². The first-order valence-electron chi connectivity index (χ1n) is 8.77. The number of rotatable bonds is 5. The van der Waals surface area contributed by atoms with Gasteiger partial charge in [0.15, 0.2) is 0 Å². The molecule has 1 aromatic carbocycles. The standard InChI is InChI=1S/C20H24N2O2S/c1-24-17-8-6-15(7-9-17)4-5-16-10-13-22(14-11-16)20(23)18-3-2-12-21-19(18)25/h2-3,6-9,12,16H,4-5,10-11,13-14H2,1H3,(H,21,25). The fourth-order valence-corrected chi connectivity index (χ4v) is 3.57. The van der Waals surface area contributed by atoms with Crippen molar-refractivity contribution in [3.8, 4) is 5.75 Å². The molecule has 132 valence electrons. The molecule has 0 unspecified atom stereocenters. The summed E-state index contributed by atoms with van der Waals surface area (Å²) < 4.78 is 5.72. The van der Waals surface area contributed by atoms with Crippen molar-refractivity contribution in [3.63, 3.8) is 0 Å². The molecular formula is C20H24N2O2S. The molecule has 1 aliphatic heterocycles. The number of hydrogen-bond donors (Lipinski definition) is 1. The summed E-state index contributed by atoms with van der Waals surface area (Å²) in [5.41, 5.74) is 1.95. The summed E-state index contributed by atoms with van der Waals surface area (Å²) in [6.07, 6.45) is 6.12. The van der Waals surface area contributed by atoms with Crippen LogP contribution in [0.15, 0.2) is 42.6 Å². The van der Waals surface area contributed by atoms with Gasteiger partial charge in [-0.3, -0.25) is 4.79 Å². The first-order valence-corrected chi connectivity index (χ1v) is 9.18. The van der Waals surface area contributed by atoms with Crippen molar-refractivity contribution in [1.29, 1.82) is 0 Å². The molecule has 2 heterocycles. The summed E-state index contributed by atoms with van der Waals surface area (Å²) in [4.78, 5) is 17.5. The van der Waals surface area contributed by atoms with E-state index in [9.17, 15) is 4.79 Å². The van der Waals surface area contributed by atoms with Gasteiger partial charge in [-0.25, -0.2) is 0 Å². The Bertz CT molecular complexity index is 762. The van der Waals surface area contributed by atoms with Crippen LogP contribution in [0.25, 0.3) is 0 Å². The van der Waals surface area contributed by atoms with E-state index in [0.29, 0.717) is 16.1 Å². The third-order valence-corrected chi connectivity index (χ3v) is 5.29. The van der Waals surface area contributed by atoms with Gasteiger partial charge in [-0.05, 0) is 61.4 Å². The monoisotopic (exact) mass is 356 g/mol. The number of carbonyl (C=O) groups excluding carboxylic acids is 1. The number of aromatic nitrogens is 1. The van der Waals surface area contributed by atoms with E-state index in [-0.39, 0.29) is 5.91 Å². The molecule has 5 heteroatoms. The molecule has 0 spiro atoms. The number of methoxy groups -OCH3 is 1. The molecule has 1 saturated heterocycles. The third kappa shape index (κ3) is 4.48. The summed E-state index contributed by atoms with van der Waals surface area (Å²) >= 11 is 5.22. The lowest BCUT2D eigenvalue weighted by Crippen LogP contribution is -2.38. The topological polar surface area (TPSA) is 45.3 Å². The van der Waals surface area contributed by atoms with Crippen LogP contribution in [0.2, 0.25) is 0 Å². The highest BCUT2D eigenvalue weighted by molar-refractivity contribution is 7.71. The van der Waals surface area contributed by atoms with Crippen molar-refractivity contribution >= 4 is 18.1 Å². The van der Waals surface area contributed by atoms with Gasteiger partial charge in [0.05, 0.1) is 12.7 Å². The molecular weight excluding hydrogens is 332 g/mol. The summed E-state index contributed by atoms with van der Waals surface area (Å²) in [6.45, 7) is 1.63. The molecule has 1 amide bonds. The second-order valence-corrected chi connectivity index (χ2v) is 6.94. The van der Waals surface area contributed by atoms with E-state index >= 15 is 0 Å². The van der Waals surface area contributed by atoms with Crippen LogP contribution >= 0.6 is 12.2 Å². The van der Waals surface area contributed by atoms with E-state index in [2.05, 4.69) is 17.1 Å². The minimum Gasteiger partial charge on any atom is -0.497 e. The van der Waals surface area contributed by atoms with Gasteiger partial charge in [-0.15, -0.1) is 0 Å². The smallest absolute Gasteiger partial charge is 0.256 e. The molecule has 0 atom stereocenters. The van der Waals surface area contributed by atoms with Crippen LogP contribution in [0, 0.1) is 10.6 Å². The van der Waals surface area contributed by atoms with Crippen molar-refractivity contribution < 1.29 is 9.53 Å². The van der Waals surface area contributed by atoms with Gasteiger partial charge in [0, 0.05) is 19.3 Å². The van der Waals surface area contributed by atoms with E-state index < -0.39 is 0 Å². The molecule has 0 radical (unpaired) electrons. The van der Waals surface area contributed by atoms with Gasteiger partial charge in [0.25, 0.3) is 5.91 Å². The number of hydrogen-bond acceptors (Lipinski definition) is 3. The van der Waals surface area contributed by atoms with Crippen LogP contribution in [-0.2, 0) is 6.42 Å². The molecule has 1 aliphatic rings. The molecule has 1 N–H and O–H groups in total. The Kier molecular flexibility index (Phi) is 5.87. The number of carbonyl (C=O) groups is 1. The maximum Gasteiger partial charge on any atom is 0.256 e. The second kappa shape index (κ2) is 8.30. The van der Waals surface area contributed by atoms with E-state index in [4.69, 9.17) is 17.0 Å². The molecule has 1 aromatic heterocycles. The predicted molar refractivity (Wildman–Crippen MR) is 102 cm³/mol. The molecule has 0 saturated carbocycles. The Hall–Kier alpha value is -2.14. The highest BCUT2D eigenvalue weighted by Crippen LogP contribution is 2.24. The van der Waals surface area contributed by atoms with Crippen molar-refractivity contribution in [2.45, 2.75) is 25.7 Å². The largest absolute Gasteiger partial charge is 0.497 e. The molecule has 1 fully saturated rings. The number of nitrogens with one attached hydrogen (secondary N) is 1. The third-order valence-electron chi connectivity index (χ3n) is 4.95. The molecule has 25 heavy (non-hydrogen) atoms. The zero-order chi connectivity index (χ0) is 17.6. The molecule has 2 aromatic rings. The second-order valence-electron chi connectivity index (χ2n) is 6.54. The zero-order valence-electron chi connectivity index (χ0n) is 14.5. The van der Waals surface area contributed by atoms with E-state index in [1.165, 1.54) is 12.0 Å². The van der Waals surface area contributed by atoms with Crippen LogP contribution < -0.4 is 4.74 Å². The Labute approximate surface area is 153 Å².